The minimum Gasteiger partial charge on any atom is -0.330 e. The van der Waals surface area contributed by atoms with Gasteiger partial charge in [-0.05, 0) is 19.9 Å². The minimum absolute atomic E-state index is 0.307. The number of nitrogens with zero attached hydrogens (tertiary/aromatic N) is 1. The van der Waals surface area contributed by atoms with Gasteiger partial charge in [-0.2, -0.15) is 0 Å². The standard InChI is InChI=1S/C8H18N2O2S/c1-8(2-3-9)10-4-6-13(11,12)7-5-10/h8H,2-7,9H2,1H3. The summed E-state index contributed by atoms with van der Waals surface area (Å²) < 4.78 is 22.3. The van der Waals surface area contributed by atoms with Gasteiger partial charge in [0.25, 0.3) is 0 Å². The summed E-state index contributed by atoms with van der Waals surface area (Å²) >= 11 is 0. The fourth-order valence-corrected chi connectivity index (χ4v) is 2.82. The maximum Gasteiger partial charge on any atom is 0.152 e. The van der Waals surface area contributed by atoms with E-state index in [1.165, 1.54) is 0 Å². The molecule has 0 saturated carbocycles. The molecule has 1 heterocycles. The summed E-state index contributed by atoms with van der Waals surface area (Å²) in [4.78, 5) is 2.20. The van der Waals surface area contributed by atoms with Crippen molar-refractivity contribution in [1.29, 1.82) is 0 Å². The third-order valence-electron chi connectivity index (χ3n) is 2.59. The van der Waals surface area contributed by atoms with Crippen LogP contribution in [0, 0.1) is 0 Å². The molecule has 0 amide bonds. The Morgan fingerprint density at radius 2 is 1.92 bits per heavy atom. The van der Waals surface area contributed by atoms with Crippen LogP contribution in [0.15, 0.2) is 0 Å². The van der Waals surface area contributed by atoms with Crippen molar-refractivity contribution in [3.8, 4) is 0 Å². The van der Waals surface area contributed by atoms with Crippen LogP contribution in [0.3, 0.4) is 0 Å². The van der Waals surface area contributed by atoms with Gasteiger partial charge in [0.2, 0.25) is 0 Å². The molecule has 13 heavy (non-hydrogen) atoms. The van der Waals surface area contributed by atoms with Crippen LogP contribution in [0.4, 0.5) is 0 Å². The quantitative estimate of drug-likeness (QED) is 0.673. The van der Waals surface area contributed by atoms with E-state index >= 15 is 0 Å². The van der Waals surface area contributed by atoms with Gasteiger partial charge in [0.1, 0.15) is 0 Å². The minimum atomic E-state index is -2.74. The third kappa shape index (κ3) is 3.25. The van der Waals surface area contributed by atoms with Crippen LogP contribution in [0.5, 0.6) is 0 Å². The lowest BCUT2D eigenvalue weighted by molar-refractivity contribution is 0.218. The maximum atomic E-state index is 11.1. The Morgan fingerprint density at radius 3 is 2.38 bits per heavy atom. The third-order valence-corrected chi connectivity index (χ3v) is 4.20. The summed E-state index contributed by atoms with van der Waals surface area (Å²) in [6, 6.07) is 0.417. The molecule has 1 rings (SSSR count). The highest BCUT2D eigenvalue weighted by molar-refractivity contribution is 7.91. The monoisotopic (exact) mass is 206 g/mol. The van der Waals surface area contributed by atoms with E-state index in [9.17, 15) is 8.42 Å². The van der Waals surface area contributed by atoms with E-state index in [0.29, 0.717) is 37.2 Å². The smallest absolute Gasteiger partial charge is 0.152 e. The lowest BCUT2D eigenvalue weighted by atomic mass is 10.2. The van der Waals surface area contributed by atoms with Crippen LogP contribution in [0.2, 0.25) is 0 Å². The lowest BCUT2D eigenvalue weighted by Crippen LogP contribution is -2.45. The maximum absolute atomic E-state index is 11.1. The Bertz CT molecular complexity index is 237. The molecule has 4 nitrogen and oxygen atoms in total. The van der Waals surface area contributed by atoms with Crippen LogP contribution < -0.4 is 5.73 Å². The molecule has 1 aliphatic rings. The summed E-state index contributed by atoms with van der Waals surface area (Å²) in [5.74, 6) is 0.615. The van der Waals surface area contributed by atoms with Crippen molar-refractivity contribution in [3.63, 3.8) is 0 Å². The number of hydrogen-bond donors (Lipinski definition) is 1. The molecule has 0 aromatic carbocycles. The van der Waals surface area contributed by atoms with E-state index < -0.39 is 9.84 Å². The molecule has 0 bridgehead atoms. The molecule has 0 aromatic heterocycles. The van der Waals surface area contributed by atoms with Gasteiger partial charge in [0.05, 0.1) is 11.5 Å². The average molecular weight is 206 g/mol. The molecule has 2 N–H and O–H groups in total. The van der Waals surface area contributed by atoms with Crippen LogP contribution in [-0.4, -0.2) is 50.5 Å². The van der Waals surface area contributed by atoms with Gasteiger partial charge < -0.3 is 5.73 Å². The van der Waals surface area contributed by atoms with Gasteiger partial charge in [0.15, 0.2) is 9.84 Å². The molecular formula is C8H18N2O2S. The van der Waals surface area contributed by atoms with Gasteiger partial charge in [-0.15, -0.1) is 0 Å². The molecule has 0 spiro atoms. The molecule has 1 saturated heterocycles. The molecule has 1 atom stereocenters. The predicted molar refractivity (Wildman–Crippen MR) is 53.4 cm³/mol. The van der Waals surface area contributed by atoms with E-state index in [0.717, 1.165) is 6.42 Å². The second-order valence-corrected chi connectivity index (χ2v) is 5.92. The van der Waals surface area contributed by atoms with Gasteiger partial charge in [-0.3, -0.25) is 4.90 Å². The van der Waals surface area contributed by atoms with Crippen molar-refractivity contribution in [2.24, 2.45) is 5.73 Å². The molecule has 5 heteroatoms. The van der Waals surface area contributed by atoms with E-state index in [4.69, 9.17) is 5.73 Å². The first-order valence-electron chi connectivity index (χ1n) is 4.70. The summed E-state index contributed by atoms with van der Waals surface area (Å²) in [6.07, 6.45) is 0.944. The van der Waals surface area contributed by atoms with Crippen molar-refractivity contribution < 1.29 is 8.42 Å². The Labute approximate surface area is 80.0 Å². The zero-order valence-corrected chi connectivity index (χ0v) is 8.89. The van der Waals surface area contributed by atoms with Crippen molar-refractivity contribution in [3.05, 3.63) is 0 Å². The first-order chi connectivity index (χ1) is 6.05. The van der Waals surface area contributed by atoms with Crippen molar-refractivity contribution in [2.45, 2.75) is 19.4 Å². The number of sulfone groups is 1. The summed E-state index contributed by atoms with van der Waals surface area (Å²) in [5.41, 5.74) is 5.44. The molecule has 0 aromatic rings. The number of nitrogens with two attached hydrogens (primary N) is 1. The number of rotatable bonds is 3. The zero-order chi connectivity index (χ0) is 9.90. The Balaban J connectivity index is 2.40. The van der Waals surface area contributed by atoms with E-state index in [1.807, 2.05) is 0 Å². The van der Waals surface area contributed by atoms with E-state index in [-0.39, 0.29) is 0 Å². The van der Waals surface area contributed by atoms with Crippen LogP contribution in [-0.2, 0) is 9.84 Å². The van der Waals surface area contributed by atoms with Crippen LogP contribution in [0.1, 0.15) is 13.3 Å². The predicted octanol–water partition coefficient (Wildman–Crippen LogP) is -0.546. The highest BCUT2D eigenvalue weighted by Gasteiger charge is 2.24. The highest BCUT2D eigenvalue weighted by Crippen LogP contribution is 2.09. The SMILES string of the molecule is CC(CCN)N1CCS(=O)(=O)CC1. The summed E-state index contributed by atoms with van der Waals surface area (Å²) in [5, 5.41) is 0. The molecule has 0 aliphatic carbocycles. The molecule has 1 aliphatic heterocycles. The molecule has 1 fully saturated rings. The molecule has 0 radical (unpaired) electrons. The Morgan fingerprint density at radius 1 is 1.38 bits per heavy atom. The molecule has 78 valence electrons. The fourth-order valence-electron chi connectivity index (χ4n) is 1.59. The fraction of sp³-hybridized carbons (Fsp3) is 1.00. The van der Waals surface area contributed by atoms with Crippen LogP contribution in [0.25, 0.3) is 0 Å². The molecule has 1 unspecified atom stereocenters. The number of hydrogen-bond acceptors (Lipinski definition) is 4. The van der Waals surface area contributed by atoms with Gasteiger partial charge >= 0.3 is 0 Å². The van der Waals surface area contributed by atoms with Crippen molar-refractivity contribution in [2.75, 3.05) is 31.1 Å². The van der Waals surface area contributed by atoms with E-state index in [1.54, 1.807) is 0 Å². The molecular weight excluding hydrogens is 188 g/mol. The normalized spacial score (nSPS) is 25.7. The first kappa shape index (κ1) is 10.9. The Hall–Kier alpha value is -0.130. The summed E-state index contributed by atoms with van der Waals surface area (Å²) in [7, 11) is -2.74. The summed E-state index contributed by atoms with van der Waals surface area (Å²) in [6.45, 7) is 4.11. The first-order valence-corrected chi connectivity index (χ1v) is 6.52. The van der Waals surface area contributed by atoms with Crippen LogP contribution >= 0.6 is 0 Å². The highest BCUT2D eigenvalue weighted by atomic mass is 32.2. The Kier molecular flexibility index (Phi) is 3.70. The zero-order valence-electron chi connectivity index (χ0n) is 8.07. The largest absolute Gasteiger partial charge is 0.330 e. The van der Waals surface area contributed by atoms with Crippen molar-refractivity contribution in [1.82, 2.24) is 4.90 Å². The topological polar surface area (TPSA) is 63.4 Å². The second kappa shape index (κ2) is 4.39. The second-order valence-electron chi connectivity index (χ2n) is 3.61. The van der Waals surface area contributed by atoms with E-state index in [2.05, 4.69) is 11.8 Å². The van der Waals surface area contributed by atoms with Gasteiger partial charge in [-0.1, -0.05) is 0 Å². The van der Waals surface area contributed by atoms with Crippen molar-refractivity contribution >= 4 is 9.84 Å². The van der Waals surface area contributed by atoms with Gasteiger partial charge in [-0.25, -0.2) is 8.42 Å². The average Bonchev–Trinajstić information content (AvgIpc) is 2.04. The van der Waals surface area contributed by atoms with Gasteiger partial charge in [0, 0.05) is 19.1 Å². The lowest BCUT2D eigenvalue weighted by Gasteiger charge is -2.31.